The molecule has 0 aromatic carbocycles. The van der Waals surface area contributed by atoms with Crippen LogP contribution >= 0.6 is 11.3 Å². The summed E-state index contributed by atoms with van der Waals surface area (Å²) in [5, 5.41) is 8.55. The van der Waals surface area contributed by atoms with Crippen molar-refractivity contribution in [1.82, 2.24) is 20.0 Å². The van der Waals surface area contributed by atoms with E-state index in [1.54, 1.807) is 35.6 Å². The highest BCUT2D eigenvalue weighted by Crippen LogP contribution is 2.28. The first-order chi connectivity index (χ1) is 11.7. The first-order valence-corrected chi connectivity index (χ1v) is 8.51. The van der Waals surface area contributed by atoms with Crippen LogP contribution in [0.2, 0.25) is 0 Å². The lowest BCUT2D eigenvalue weighted by Gasteiger charge is -2.35. The third-order valence-corrected chi connectivity index (χ3v) is 4.85. The van der Waals surface area contributed by atoms with Gasteiger partial charge in [0.25, 0.3) is 0 Å². The molecule has 3 aromatic heterocycles. The van der Waals surface area contributed by atoms with Gasteiger partial charge in [0.15, 0.2) is 5.82 Å². The molecule has 8 nitrogen and oxygen atoms in total. The van der Waals surface area contributed by atoms with E-state index in [2.05, 4.69) is 25.3 Å². The van der Waals surface area contributed by atoms with Crippen LogP contribution in [-0.2, 0) is 0 Å². The summed E-state index contributed by atoms with van der Waals surface area (Å²) in [7, 11) is 0. The van der Waals surface area contributed by atoms with Crippen molar-refractivity contribution in [2.45, 2.75) is 6.92 Å². The minimum atomic E-state index is -0.160. The lowest BCUT2D eigenvalue weighted by Crippen LogP contribution is -2.50. The maximum absolute atomic E-state index is 12.3. The topological polar surface area (TPSA) is 87.4 Å². The first kappa shape index (κ1) is 14.9. The van der Waals surface area contributed by atoms with E-state index in [1.807, 2.05) is 11.4 Å². The number of nitrogens with zero attached hydrogens (tertiary/aromatic N) is 5. The molecule has 2 amide bonds. The van der Waals surface area contributed by atoms with Gasteiger partial charge in [-0.25, -0.2) is 14.8 Å². The molecule has 1 aliphatic rings. The highest BCUT2D eigenvalue weighted by Gasteiger charge is 2.24. The molecule has 4 heterocycles. The Bertz CT molecular complexity index is 868. The highest BCUT2D eigenvalue weighted by atomic mass is 32.1. The molecule has 0 atom stereocenters. The van der Waals surface area contributed by atoms with Gasteiger partial charge in [0.1, 0.15) is 17.9 Å². The number of fused-ring (bicyclic) bond motifs is 1. The number of carbonyl (C=O) groups is 1. The van der Waals surface area contributed by atoms with Crippen LogP contribution in [0.25, 0.3) is 10.2 Å². The molecule has 1 fully saturated rings. The fourth-order valence-electron chi connectivity index (χ4n) is 2.74. The maximum Gasteiger partial charge on any atom is 0.323 e. The number of piperazine rings is 1. The van der Waals surface area contributed by atoms with Crippen molar-refractivity contribution >= 4 is 39.2 Å². The Kier molecular flexibility index (Phi) is 3.77. The summed E-state index contributed by atoms with van der Waals surface area (Å²) in [5.74, 6) is 2.05. The average molecular weight is 344 g/mol. The van der Waals surface area contributed by atoms with E-state index in [9.17, 15) is 4.79 Å². The normalized spacial score (nSPS) is 15.0. The zero-order valence-electron chi connectivity index (χ0n) is 13.1. The number of hydrogen-bond acceptors (Lipinski definition) is 7. The Hall–Kier alpha value is -2.68. The number of nitrogens with one attached hydrogen (secondary N) is 1. The van der Waals surface area contributed by atoms with E-state index in [0.29, 0.717) is 24.7 Å². The molecule has 124 valence electrons. The Morgan fingerprint density at radius 2 is 2.12 bits per heavy atom. The molecule has 0 aliphatic carbocycles. The van der Waals surface area contributed by atoms with Crippen LogP contribution in [0.1, 0.15) is 5.76 Å². The predicted octanol–water partition coefficient (Wildman–Crippen LogP) is 2.34. The second kappa shape index (κ2) is 6.08. The van der Waals surface area contributed by atoms with Crippen molar-refractivity contribution < 1.29 is 9.32 Å². The van der Waals surface area contributed by atoms with Gasteiger partial charge >= 0.3 is 6.03 Å². The number of hydrogen-bond donors (Lipinski definition) is 1. The number of anilines is 2. The Labute approximate surface area is 142 Å². The zero-order chi connectivity index (χ0) is 16.5. The molecule has 24 heavy (non-hydrogen) atoms. The number of thiophene rings is 1. The number of urea groups is 1. The van der Waals surface area contributed by atoms with Crippen LogP contribution in [0.5, 0.6) is 0 Å². The molecule has 3 aromatic rings. The first-order valence-electron chi connectivity index (χ1n) is 7.63. The van der Waals surface area contributed by atoms with Crippen molar-refractivity contribution in [2.75, 3.05) is 36.4 Å². The standard InChI is InChI=1S/C15H16N6O2S/c1-10-8-12(19-23-10)18-15(22)21-5-3-20(4-6-21)14-13-11(2-7-24-13)16-9-17-14/h2,7-9H,3-6H2,1H3,(H,18,19,22). The number of carbonyl (C=O) groups excluding carboxylic acids is 1. The van der Waals surface area contributed by atoms with Gasteiger partial charge in [0.2, 0.25) is 0 Å². The summed E-state index contributed by atoms with van der Waals surface area (Å²) in [6, 6.07) is 3.53. The molecule has 0 saturated carbocycles. The molecule has 1 saturated heterocycles. The molecule has 0 unspecified atom stereocenters. The third kappa shape index (κ3) is 2.78. The summed E-state index contributed by atoms with van der Waals surface area (Å²) in [6.07, 6.45) is 1.59. The quantitative estimate of drug-likeness (QED) is 0.768. The molecule has 0 radical (unpaired) electrons. The van der Waals surface area contributed by atoms with Crippen molar-refractivity contribution in [3.8, 4) is 0 Å². The minimum absolute atomic E-state index is 0.160. The fourth-order valence-corrected chi connectivity index (χ4v) is 3.60. The van der Waals surface area contributed by atoms with Crippen LogP contribution in [0.4, 0.5) is 16.4 Å². The van der Waals surface area contributed by atoms with Crippen LogP contribution in [0.15, 0.2) is 28.4 Å². The van der Waals surface area contributed by atoms with Gasteiger partial charge in [0.05, 0.1) is 10.2 Å². The highest BCUT2D eigenvalue weighted by molar-refractivity contribution is 7.17. The lowest BCUT2D eigenvalue weighted by atomic mass is 10.3. The minimum Gasteiger partial charge on any atom is -0.360 e. The van der Waals surface area contributed by atoms with Crippen LogP contribution in [0.3, 0.4) is 0 Å². The lowest BCUT2D eigenvalue weighted by molar-refractivity contribution is 0.208. The number of aromatic nitrogens is 3. The van der Waals surface area contributed by atoms with Crippen LogP contribution in [-0.4, -0.2) is 52.2 Å². The maximum atomic E-state index is 12.3. The SMILES string of the molecule is Cc1cc(NC(=O)N2CCN(c3ncnc4ccsc34)CC2)no1. The fraction of sp³-hybridized carbons (Fsp3) is 0.333. The average Bonchev–Trinajstić information content (AvgIpc) is 3.23. The molecular weight excluding hydrogens is 328 g/mol. The van der Waals surface area contributed by atoms with E-state index in [-0.39, 0.29) is 6.03 Å². The molecule has 1 N–H and O–H groups in total. The number of aryl methyl sites for hydroxylation is 1. The summed E-state index contributed by atoms with van der Waals surface area (Å²) in [6.45, 7) is 4.50. The Morgan fingerprint density at radius 3 is 2.88 bits per heavy atom. The Morgan fingerprint density at radius 1 is 1.29 bits per heavy atom. The monoisotopic (exact) mass is 344 g/mol. The molecule has 0 bridgehead atoms. The number of amides is 2. The Balaban J connectivity index is 1.41. The van der Waals surface area contributed by atoms with Crippen molar-refractivity contribution in [2.24, 2.45) is 0 Å². The largest absolute Gasteiger partial charge is 0.360 e. The van der Waals surface area contributed by atoms with Crippen molar-refractivity contribution in [3.63, 3.8) is 0 Å². The molecule has 0 spiro atoms. The summed E-state index contributed by atoms with van der Waals surface area (Å²) in [4.78, 5) is 25.0. The van der Waals surface area contributed by atoms with E-state index in [1.165, 1.54) is 0 Å². The molecule has 4 rings (SSSR count). The molecule has 9 heteroatoms. The van der Waals surface area contributed by atoms with Gasteiger partial charge in [-0.2, -0.15) is 0 Å². The van der Waals surface area contributed by atoms with Crippen LogP contribution in [0, 0.1) is 6.92 Å². The van der Waals surface area contributed by atoms with Gasteiger partial charge in [-0.15, -0.1) is 11.3 Å². The van der Waals surface area contributed by atoms with Crippen molar-refractivity contribution in [3.05, 3.63) is 29.6 Å². The second-order valence-corrected chi connectivity index (χ2v) is 6.48. The van der Waals surface area contributed by atoms with Crippen LogP contribution < -0.4 is 10.2 Å². The van der Waals surface area contributed by atoms with Gasteiger partial charge < -0.3 is 14.3 Å². The molecule has 1 aliphatic heterocycles. The van der Waals surface area contributed by atoms with Gasteiger partial charge in [-0.3, -0.25) is 5.32 Å². The smallest absolute Gasteiger partial charge is 0.323 e. The van der Waals surface area contributed by atoms with Gasteiger partial charge in [0, 0.05) is 32.2 Å². The zero-order valence-corrected chi connectivity index (χ0v) is 13.9. The van der Waals surface area contributed by atoms with E-state index >= 15 is 0 Å². The van der Waals surface area contributed by atoms with E-state index in [0.717, 1.165) is 29.1 Å². The predicted molar refractivity (Wildman–Crippen MR) is 91.5 cm³/mol. The number of rotatable bonds is 2. The third-order valence-electron chi connectivity index (χ3n) is 3.95. The summed E-state index contributed by atoms with van der Waals surface area (Å²) in [5.41, 5.74) is 0.964. The van der Waals surface area contributed by atoms with E-state index in [4.69, 9.17) is 4.52 Å². The van der Waals surface area contributed by atoms with Gasteiger partial charge in [-0.05, 0) is 18.4 Å². The second-order valence-electron chi connectivity index (χ2n) is 5.56. The summed E-state index contributed by atoms with van der Waals surface area (Å²) >= 11 is 1.64. The molecular formula is C15H16N6O2S. The van der Waals surface area contributed by atoms with E-state index < -0.39 is 0 Å². The van der Waals surface area contributed by atoms with Crippen molar-refractivity contribution in [1.29, 1.82) is 0 Å². The van der Waals surface area contributed by atoms with Gasteiger partial charge in [-0.1, -0.05) is 5.16 Å². The summed E-state index contributed by atoms with van der Waals surface area (Å²) < 4.78 is 6.05.